The van der Waals surface area contributed by atoms with Crippen molar-refractivity contribution >= 4 is 5.91 Å². The first-order valence-corrected chi connectivity index (χ1v) is 6.06. The number of rotatable bonds is 7. The third-order valence-corrected chi connectivity index (χ3v) is 2.35. The first-order valence-electron chi connectivity index (χ1n) is 6.06. The molecule has 2 N–H and O–H groups in total. The molecule has 17 heavy (non-hydrogen) atoms. The van der Waals surface area contributed by atoms with Gasteiger partial charge in [0.2, 0.25) is 5.91 Å². The smallest absolute Gasteiger partial charge is 0.216 e. The maximum atomic E-state index is 10.7. The number of nitrogens with one attached hydrogen (secondary N) is 2. The summed E-state index contributed by atoms with van der Waals surface area (Å²) in [5.74, 6) is 0.0254. The van der Waals surface area contributed by atoms with Crippen molar-refractivity contribution in [3.63, 3.8) is 0 Å². The number of aryl methyl sites for hydroxylation is 1. The summed E-state index contributed by atoms with van der Waals surface area (Å²) in [6.45, 7) is 8.17. The largest absolute Gasteiger partial charge is 0.356 e. The fourth-order valence-corrected chi connectivity index (χ4v) is 1.45. The molecule has 96 valence electrons. The molecule has 1 rings (SSSR count). The zero-order chi connectivity index (χ0) is 12.7. The third-order valence-electron chi connectivity index (χ3n) is 2.35. The van der Waals surface area contributed by atoms with E-state index >= 15 is 0 Å². The van der Waals surface area contributed by atoms with E-state index < -0.39 is 0 Å². The quantitative estimate of drug-likeness (QED) is 0.694. The van der Waals surface area contributed by atoms with E-state index in [0.717, 1.165) is 25.2 Å². The van der Waals surface area contributed by atoms with E-state index in [1.165, 1.54) is 6.92 Å². The minimum Gasteiger partial charge on any atom is -0.356 e. The van der Waals surface area contributed by atoms with E-state index in [1.54, 1.807) is 0 Å². The second-order valence-electron chi connectivity index (χ2n) is 4.47. The van der Waals surface area contributed by atoms with Crippen LogP contribution in [0.1, 0.15) is 32.9 Å². The van der Waals surface area contributed by atoms with Gasteiger partial charge in [-0.2, -0.15) is 0 Å². The molecular weight excluding hydrogens is 216 g/mol. The monoisotopic (exact) mass is 238 g/mol. The van der Waals surface area contributed by atoms with Crippen molar-refractivity contribution in [1.29, 1.82) is 0 Å². The van der Waals surface area contributed by atoms with Crippen LogP contribution in [0.5, 0.6) is 0 Å². The molecule has 5 nitrogen and oxygen atoms in total. The first-order chi connectivity index (χ1) is 8.08. The van der Waals surface area contributed by atoms with Gasteiger partial charge in [0.1, 0.15) is 0 Å². The Hall–Kier alpha value is -1.36. The lowest BCUT2D eigenvalue weighted by atomic mass is 10.3. The van der Waals surface area contributed by atoms with Crippen LogP contribution in [0.3, 0.4) is 0 Å². The third kappa shape index (κ3) is 6.06. The van der Waals surface area contributed by atoms with Crippen molar-refractivity contribution in [3.05, 3.63) is 18.2 Å². The summed E-state index contributed by atoms with van der Waals surface area (Å²) >= 11 is 0. The molecule has 0 bridgehead atoms. The van der Waals surface area contributed by atoms with Crippen LogP contribution < -0.4 is 10.6 Å². The van der Waals surface area contributed by atoms with Gasteiger partial charge in [-0.05, 0) is 6.42 Å². The zero-order valence-corrected chi connectivity index (χ0v) is 10.9. The number of hydrogen-bond acceptors (Lipinski definition) is 3. The maximum Gasteiger partial charge on any atom is 0.216 e. The van der Waals surface area contributed by atoms with Gasteiger partial charge in [-0.1, -0.05) is 13.8 Å². The number of carbonyl (C=O) groups is 1. The Morgan fingerprint density at radius 2 is 2.29 bits per heavy atom. The van der Waals surface area contributed by atoms with Crippen LogP contribution in [-0.4, -0.2) is 28.0 Å². The van der Waals surface area contributed by atoms with Gasteiger partial charge in [0.05, 0.1) is 12.0 Å². The Kier molecular flexibility index (Phi) is 5.69. The van der Waals surface area contributed by atoms with Crippen LogP contribution in [0.4, 0.5) is 0 Å². The Labute approximate surface area is 103 Å². The van der Waals surface area contributed by atoms with Gasteiger partial charge in [-0.25, -0.2) is 4.98 Å². The summed E-state index contributed by atoms with van der Waals surface area (Å²) in [5.41, 5.74) is 1.05. The first kappa shape index (κ1) is 13.7. The van der Waals surface area contributed by atoms with Crippen LogP contribution in [0.2, 0.25) is 0 Å². The summed E-state index contributed by atoms with van der Waals surface area (Å²) in [5, 5.41) is 6.10. The van der Waals surface area contributed by atoms with Crippen LogP contribution >= 0.6 is 0 Å². The lowest BCUT2D eigenvalue weighted by Gasteiger charge is -2.05. The molecule has 0 aromatic carbocycles. The van der Waals surface area contributed by atoms with Gasteiger partial charge in [-0.15, -0.1) is 0 Å². The average Bonchev–Trinajstić information content (AvgIpc) is 2.69. The molecule has 1 heterocycles. The Balaban J connectivity index is 2.23. The molecule has 0 radical (unpaired) electrons. The number of carbonyl (C=O) groups excluding carboxylic acids is 1. The summed E-state index contributed by atoms with van der Waals surface area (Å²) in [6.07, 6.45) is 4.81. The van der Waals surface area contributed by atoms with Gasteiger partial charge in [0.15, 0.2) is 0 Å². The van der Waals surface area contributed by atoms with Crippen molar-refractivity contribution in [1.82, 2.24) is 20.2 Å². The van der Waals surface area contributed by atoms with Crippen LogP contribution in [0.15, 0.2) is 12.5 Å². The van der Waals surface area contributed by atoms with Gasteiger partial charge >= 0.3 is 0 Å². The van der Waals surface area contributed by atoms with Gasteiger partial charge in [-0.3, -0.25) is 4.79 Å². The van der Waals surface area contributed by atoms with E-state index in [4.69, 9.17) is 0 Å². The van der Waals surface area contributed by atoms with Gasteiger partial charge in [0, 0.05) is 38.8 Å². The molecule has 5 heteroatoms. The standard InChI is InChI=1S/C12H22N4O/c1-10(2)14-7-12-8-16(9-15-12)6-4-5-13-11(3)17/h8-10,14H,4-7H2,1-3H3,(H,13,17). The van der Waals surface area contributed by atoms with Crippen molar-refractivity contribution < 1.29 is 4.79 Å². The number of amides is 1. The molecule has 0 aliphatic heterocycles. The molecule has 1 aromatic heterocycles. The number of aromatic nitrogens is 2. The minimum atomic E-state index is 0.0254. The van der Waals surface area contributed by atoms with Crippen LogP contribution in [-0.2, 0) is 17.9 Å². The predicted molar refractivity (Wildman–Crippen MR) is 67.5 cm³/mol. The molecule has 0 saturated heterocycles. The van der Waals surface area contributed by atoms with E-state index in [1.807, 2.05) is 12.5 Å². The van der Waals surface area contributed by atoms with E-state index in [2.05, 4.69) is 34.0 Å². The van der Waals surface area contributed by atoms with E-state index in [-0.39, 0.29) is 5.91 Å². The van der Waals surface area contributed by atoms with Gasteiger partial charge < -0.3 is 15.2 Å². The summed E-state index contributed by atoms with van der Waals surface area (Å²) in [6, 6.07) is 0.472. The summed E-state index contributed by atoms with van der Waals surface area (Å²) in [4.78, 5) is 15.0. The molecule has 0 spiro atoms. The summed E-state index contributed by atoms with van der Waals surface area (Å²) < 4.78 is 2.05. The highest BCUT2D eigenvalue weighted by molar-refractivity contribution is 5.72. The fraction of sp³-hybridized carbons (Fsp3) is 0.667. The van der Waals surface area contributed by atoms with Crippen molar-refractivity contribution in [3.8, 4) is 0 Å². The molecule has 1 amide bonds. The van der Waals surface area contributed by atoms with Crippen molar-refractivity contribution in [2.45, 2.75) is 46.3 Å². The lowest BCUT2D eigenvalue weighted by Crippen LogP contribution is -2.22. The molecule has 0 fully saturated rings. The minimum absolute atomic E-state index is 0.0254. The van der Waals surface area contributed by atoms with E-state index in [0.29, 0.717) is 12.6 Å². The molecule has 1 aromatic rings. The predicted octanol–water partition coefficient (Wildman–Crippen LogP) is 0.907. The number of nitrogens with zero attached hydrogens (tertiary/aromatic N) is 2. The lowest BCUT2D eigenvalue weighted by molar-refractivity contribution is -0.118. The maximum absolute atomic E-state index is 10.7. The highest BCUT2D eigenvalue weighted by atomic mass is 16.1. The van der Waals surface area contributed by atoms with Crippen molar-refractivity contribution in [2.75, 3.05) is 6.54 Å². The van der Waals surface area contributed by atoms with Crippen LogP contribution in [0, 0.1) is 0 Å². The second-order valence-corrected chi connectivity index (χ2v) is 4.47. The topological polar surface area (TPSA) is 59.0 Å². The van der Waals surface area contributed by atoms with Crippen LogP contribution in [0.25, 0.3) is 0 Å². The molecular formula is C12H22N4O. The average molecular weight is 238 g/mol. The normalized spacial score (nSPS) is 10.8. The Morgan fingerprint density at radius 1 is 1.53 bits per heavy atom. The molecule has 0 aliphatic carbocycles. The number of imidazole rings is 1. The van der Waals surface area contributed by atoms with Crippen molar-refractivity contribution in [2.24, 2.45) is 0 Å². The number of hydrogen-bond donors (Lipinski definition) is 2. The molecule has 0 unspecified atom stereocenters. The van der Waals surface area contributed by atoms with Gasteiger partial charge in [0.25, 0.3) is 0 Å². The Morgan fingerprint density at radius 3 is 2.94 bits per heavy atom. The zero-order valence-electron chi connectivity index (χ0n) is 10.9. The second kappa shape index (κ2) is 7.06. The molecule has 0 saturated carbocycles. The molecule has 0 atom stereocenters. The SMILES string of the molecule is CC(=O)NCCCn1cnc(CNC(C)C)c1. The molecule has 0 aliphatic rings. The highest BCUT2D eigenvalue weighted by Crippen LogP contribution is 1.98. The highest BCUT2D eigenvalue weighted by Gasteiger charge is 2.00. The Bertz CT molecular complexity index is 346. The van der Waals surface area contributed by atoms with E-state index in [9.17, 15) is 4.79 Å². The fourth-order valence-electron chi connectivity index (χ4n) is 1.45. The summed E-state index contributed by atoms with van der Waals surface area (Å²) in [7, 11) is 0.